The van der Waals surface area contributed by atoms with Gasteiger partial charge in [-0.1, -0.05) is 39.7 Å². The Balaban J connectivity index is 1.45. The van der Waals surface area contributed by atoms with Crippen molar-refractivity contribution >= 4 is 27.5 Å². The molecule has 3 rings (SSSR count). The van der Waals surface area contributed by atoms with Crippen molar-refractivity contribution in [1.29, 1.82) is 0 Å². The topological polar surface area (TPSA) is 12.5 Å². The highest BCUT2D eigenvalue weighted by Gasteiger charge is 2.20. The van der Waals surface area contributed by atoms with Crippen LogP contribution in [0.25, 0.3) is 0 Å². The van der Waals surface area contributed by atoms with Crippen molar-refractivity contribution in [2.45, 2.75) is 45.6 Å². The zero-order valence-corrected chi connectivity index (χ0v) is 18.6. The van der Waals surface area contributed by atoms with Crippen molar-refractivity contribution in [2.75, 3.05) is 19.6 Å². The van der Waals surface area contributed by atoms with Gasteiger partial charge in [0.2, 0.25) is 0 Å². The highest BCUT2D eigenvalue weighted by Crippen LogP contribution is 2.28. The van der Waals surface area contributed by atoms with Crippen LogP contribution in [-0.2, 0) is 12.8 Å². The molecule has 0 saturated carbocycles. The molecule has 0 aromatic heterocycles. The first-order valence-electron chi connectivity index (χ1n) is 9.91. The molecule has 1 heterocycles. The van der Waals surface area contributed by atoms with Crippen LogP contribution in [-0.4, -0.2) is 30.6 Å². The first kappa shape index (κ1) is 20.7. The zero-order chi connectivity index (χ0) is 19.2. The normalized spacial score (nSPS) is 16.0. The molecule has 4 heteroatoms. The van der Waals surface area contributed by atoms with Crippen molar-refractivity contribution in [3.05, 3.63) is 63.1 Å². The van der Waals surface area contributed by atoms with Crippen molar-refractivity contribution in [2.24, 2.45) is 5.92 Å². The first-order chi connectivity index (χ1) is 13.0. The number of likely N-dealkylation sites (tertiary alicyclic amines) is 1. The summed E-state index contributed by atoms with van der Waals surface area (Å²) in [5.74, 6) is 1.73. The molecule has 1 aliphatic heterocycles. The SMILES string of the molecule is CC(C)Oc1cccc(CCN2CCC(Cc3cc(Cl)ccc3Br)CC2)c1. The second-order valence-corrected chi connectivity index (χ2v) is 9.08. The fourth-order valence-electron chi connectivity index (χ4n) is 3.76. The molecule has 0 spiro atoms. The number of ether oxygens (including phenoxy) is 1. The van der Waals surface area contributed by atoms with Crippen molar-refractivity contribution in [3.8, 4) is 5.75 Å². The summed E-state index contributed by atoms with van der Waals surface area (Å²) >= 11 is 9.82. The van der Waals surface area contributed by atoms with E-state index in [-0.39, 0.29) is 6.10 Å². The zero-order valence-electron chi connectivity index (χ0n) is 16.3. The monoisotopic (exact) mass is 449 g/mol. The standard InChI is InChI=1S/C23H29BrClNO/c1-17(2)27-22-5-3-4-18(15-22)8-11-26-12-9-19(10-13-26)14-20-16-21(25)6-7-23(20)24/h3-7,15-17,19H,8-14H2,1-2H3. The third kappa shape index (κ3) is 6.51. The largest absolute Gasteiger partial charge is 0.491 e. The number of rotatable bonds is 7. The van der Waals surface area contributed by atoms with Gasteiger partial charge in [-0.3, -0.25) is 0 Å². The van der Waals surface area contributed by atoms with E-state index in [9.17, 15) is 0 Å². The first-order valence-corrected chi connectivity index (χ1v) is 11.1. The number of benzene rings is 2. The van der Waals surface area contributed by atoms with E-state index in [1.54, 1.807) is 0 Å². The van der Waals surface area contributed by atoms with Crippen LogP contribution < -0.4 is 4.74 Å². The molecule has 1 saturated heterocycles. The van der Waals surface area contributed by atoms with Crippen LogP contribution in [0.5, 0.6) is 5.75 Å². The summed E-state index contributed by atoms with van der Waals surface area (Å²) < 4.78 is 6.99. The Morgan fingerprint density at radius 1 is 1.15 bits per heavy atom. The quantitative estimate of drug-likeness (QED) is 0.485. The average molecular weight is 451 g/mol. The summed E-state index contributed by atoms with van der Waals surface area (Å²) in [6, 6.07) is 14.6. The summed E-state index contributed by atoms with van der Waals surface area (Å²) in [4.78, 5) is 2.60. The molecule has 0 N–H and O–H groups in total. The molecule has 0 unspecified atom stereocenters. The Bertz CT molecular complexity index is 741. The van der Waals surface area contributed by atoms with Gasteiger partial charge in [0.1, 0.15) is 5.75 Å². The molecule has 27 heavy (non-hydrogen) atoms. The average Bonchev–Trinajstić information content (AvgIpc) is 2.64. The Morgan fingerprint density at radius 3 is 2.67 bits per heavy atom. The van der Waals surface area contributed by atoms with Gasteiger partial charge in [-0.05, 0) is 100.0 Å². The minimum atomic E-state index is 0.221. The van der Waals surface area contributed by atoms with Crippen molar-refractivity contribution in [3.63, 3.8) is 0 Å². The Hall–Kier alpha value is -1.03. The molecule has 2 nitrogen and oxygen atoms in total. The fraction of sp³-hybridized carbons (Fsp3) is 0.478. The molecule has 0 radical (unpaired) electrons. The maximum atomic E-state index is 6.16. The van der Waals surface area contributed by atoms with Crippen LogP contribution in [0, 0.1) is 5.92 Å². The van der Waals surface area contributed by atoms with E-state index in [0.29, 0.717) is 0 Å². The molecule has 1 fully saturated rings. The van der Waals surface area contributed by atoms with E-state index in [1.165, 1.54) is 41.5 Å². The van der Waals surface area contributed by atoms with Crippen LogP contribution in [0.4, 0.5) is 0 Å². The molecule has 2 aromatic rings. The molecule has 0 atom stereocenters. The number of halogens is 2. The molecule has 2 aromatic carbocycles. The van der Waals surface area contributed by atoms with Crippen molar-refractivity contribution in [1.82, 2.24) is 4.90 Å². The lowest BCUT2D eigenvalue weighted by molar-refractivity contribution is 0.185. The van der Waals surface area contributed by atoms with Crippen LogP contribution >= 0.6 is 27.5 Å². The summed E-state index contributed by atoms with van der Waals surface area (Å²) in [5.41, 5.74) is 2.70. The van der Waals surface area contributed by atoms with E-state index in [4.69, 9.17) is 16.3 Å². The number of piperidine rings is 1. The lowest BCUT2D eigenvalue weighted by Gasteiger charge is -2.32. The summed E-state index contributed by atoms with van der Waals surface area (Å²) in [6.07, 6.45) is 4.94. The maximum Gasteiger partial charge on any atom is 0.119 e. The predicted molar refractivity (Wildman–Crippen MR) is 118 cm³/mol. The van der Waals surface area contributed by atoms with Gasteiger partial charge in [0, 0.05) is 16.0 Å². The number of hydrogen-bond acceptors (Lipinski definition) is 2. The maximum absolute atomic E-state index is 6.16. The van der Waals surface area contributed by atoms with Gasteiger partial charge in [-0.2, -0.15) is 0 Å². The Morgan fingerprint density at radius 2 is 1.93 bits per heavy atom. The van der Waals surface area contributed by atoms with Crippen molar-refractivity contribution < 1.29 is 4.74 Å². The van der Waals surface area contributed by atoms with Gasteiger partial charge in [-0.25, -0.2) is 0 Å². The lowest BCUT2D eigenvalue weighted by Crippen LogP contribution is -2.35. The highest BCUT2D eigenvalue weighted by atomic mass is 79.9. The predicted octanol–water partition coefficient (Wildman–Crippen LogP) is 6.39. The van der Waals surface area contributed by atoms with E-state index in [0.717, 1.165) is 36.1 Å². The summed E-state index contributed by atoms with van der Waals surface area (Å²) in [6.45, 7) is 7.63. The van der Waals surface area contributed by atoms with Gasteiger partial charge in [-0.15, -0.1) is 0 Å². The highest BCUT2D eigenvalue weighted by molar-refractivity contribution is 9.10. The third-order valence-corrected chi connectivity index (χ3v) is 6.22. The van der Waals surface area contributed by atoms with E-state index in [2.05, 4.69) is 65.0 Å². The molecule has 0 aliphatic carbocycles. The van der Waals surface area contributed by atoms with Crippen LogP contribution in [0.15, 0.2) is 46.9 Å². The van der Waals surface area contributed by atoms with Gasteiger partial charge < -0.3 is 9.64 Å². The minimum absolute atomic E-state index is 0.221. The number of hydrogen-bond donors (Lipinski definition) is 0. The smallest absolute Gasteiger partial charge is 0.119 e. The molecular formula is C23H29BrClNO. The van der Waals surface area contributed by atoms with Crippen LogP contribution in [0.2, 0.25) is 5.02 Å². The Labute approximate surface area is 177 Å². The second kappa shape index (κ2) is 9.95. The number of nitrogens with zero attached hydrogens (tertiary/aromatic N) is 1. The third-order valence-electron chi connectivity index (χ3n) is 5.21. The van der Waals surface area contributed by atoms with E-state index < -0.39 is 0 Å². The Kier molecular flexibility index (Phi) is 7.63. The van der Waals surface area contributed by atoms with E-state index in [1.807, 2.05) is 12.1 Å². The van der Waals surface area contributed by atoms with Gasteiger partial charge in [0.05, 0.1) is 6.10 Å². The van der Waals surface area contributed by atoms with Gasteiger partial charge in [0.15, 0.2) is 0 Å². The second-order valence-electron chi connectivity index (χ2n) is 7.79. The molecule has 0 bridgehead atoms. The lowest BCUT2D eigenvalue weighted by atomic mass is 9.90. The summed E-state index contributed by atoms with van der Waals surface area (Å²) in [5, 5.41) is 0.828. The van der Waals surface area contributed by atoms with E-state index >= 15 is 0 Å². The molecule has 0 amide bonds. The minimum Gasteiger partial charge on any atom is -0.491 e. The fourth-order valence-corrected chi connectivity index (χ4v) is 4.36. The summed E-state index contributed by atoms with van der Waals surface area (Å²) in [7, 11) is 0. The van der Waals surface area contributed by atoms with Gasteiger partial charge >= 0.3 is 0 Å². The van der Waals surface area contributed by atoms with Gasteiger partial charge in [0.25, 0.3) is 0 Å². The van der Waals surface area contributed by atoms with Crippen LogP contribution in [0.1, 0.15) is 37.8 Å². The molecule has 1 aliphatic rings. The molecular weight excluding hydrogens is 422 g/mol. The van der Waals surface area contributed by atoms with Crippen LogP contribution in [0.3, 0.4) is 0 Å². The molecule has 146 valence electrons.